The van der Waals surface area contributed by atoms with Crippen LogP contribution in [-0.2, 0) is 20.7 Å². The summed E-state index contributed by atoms with van der Waals surface area (Å²) in [5.74, 6) is -0.894. The molecule has 0 radical (unpaired) electrons. The zero-order valence-electron chi connectivity index (χ0n) is 14.9. The zero-order chi connectivity index (χ0) is 18.4. The van der Waals surface area contributed by atoms with Crippen molar-refractivity contribution in [1.82, 2.24) is 5.32 Å². The van der Waals surface area contributed by atoms with Gasteiger partial charge >= 0.3 is 12.1 Å². The van der Waals surface area contributed by atoms with E-state index in [1.54, 1.807) is 52.8 Å². The summed E-state index contributed by atoms with van der Waals surface area (Å²) in [6.45, 7) is 8.76. The first-order valence-electron chi connectivity index (χ1n) is 7.95. The summed E-state index contributed by atoms with van der Waals surface area (Å²) in [5, 5.41) is 2.57. The van der Waals surface area contributed by atoms with Crippen LogP contribution in [0.25, 0.3) is 0 Å². The number of carbonyl (C=O) groups is 2. The molecule has 1 rings (SSSR count). The molecule has 1 aromatic carbocycles. The van der Waals surface area contributed by atoms with Gasteiger partial charge in [0.05, 0.1) is 12.0 Å². The standard InChI is InChI=1S/C18H26FNO4/c1-6-23-15(21)18(5,11-13-9-7-8-10-14(13)19)12-20-16(22)24-17(2,3)4/h7-10H,6,11-12H2,1-5H3,(H,20,22). The second-order valence-electron chi connectivity index (χ2n) is 6.90. The van der Waals surface area contributed by atoms with E-state index in [4.69, 9.17) is 9.47 Å². The van der Waals surface area contributed by atoms with Gasteiger partial charge in [-0.1, -0.05) is 18.2 Å². The van der Waals surface area contributed by atoms with Crippen molar-refractivity contribution in [1.29, 1.82) is 0 Å². The average molecular weight is 339 g/mol. The summed E-state index contributed by atoms with van der Waals surface area (Å²) in [7, 11) is 0. The predicted molar refractivity (Wildman–Crippen MR) is 89.1 cm³/mol. The molecule has 0 saturated carbocycles. The van der Waals surface area contributed by atoms with E-state index in [0.717, 1.165) is 0 Å². The van der Waals surface area contributed by atoms with Crippen LogP contribution in [0.2, 0.25) is 0 Å². The molecule has 24 heavy (non-hydrogen) atoms. The van der Waals surface area contributed by atoms with Gasteiger partial charge in [-0.05, 0) is 52.7 Å². The molecule has 6 heteroatoms. The normalized spacial score (nSPS) is 13.8. The molecule has 1 aromatic rings. The number of rotatable bonds is 6. The van der Waals surface area contributed by atoms with E-state index < -0.39 is 28.9 Å². The highest BCUT2D eigenvalue weighted by molar-refractivity contribution is 5.78. The van der Waals surface area contributed by atoms with E-state index in [1.165, 1.54) is 6.07 Å². The summed E-state index contributed by atoms with van der Waals surface area (Å²) in [6, 6.07) is 6.23. The fraction of sp³-hybridized carbons (Fsp3) is 0.556. The molecule has 0 aliphatic carbocycles. The van der Waals surface area contributed by atoms with Gasteiger partial charge in [0.2, 0.25) is 0 Å². The van der Waals surface area contributed by atoms with Crippen LogP contribution in [0.15, 0.2) is 24.3 Å². The zero-order valence-corrected chi connectivity index (χ0v) is 14.9. The maximum atomic E-state index is 13.9. The number of benzene rings is 1. The van der Waals surface area contributed by atoms with Crippen LogP contribution in [0.5, 0.6) is 0 Å². The lowest BCUT2D eigenvalue weighted by molar-refractivity contribution is -0.154. The lowest BCUT2D eigenvalue weighted by atomic mass is 9.83. The molecule has 1 unspecified atom stereocenters. The Morgan fingerprint density at radius 1 is 1.17 bits per heavy atom. The number of alkyl carbamates (subject to hydrolysis) is 1. The van der Waals surface area contributed by atoms with E-state index in [1.807, 2.05) is 0 Å². The van der Waals surface area contributed by atoms with Gasteiger partial charge in [-0.2, -0.15) is 0 Å². The Balaban J connectivity index is 2.89. The number of ether oxygens (including phenoxy) is 2. The smallest absolute Gasteiger partial charge is 0.407 e. The monoisotopic (exact) mass is 339 g/mol. The summed E-state index contributed by atoms with van der Waals surface area (Å²) in [4.78, 5) is 24.2. The molecule has 134 valence electrons. The molecule has 5 nitrogen and oxygen atoms in total. The third-order valence-corrected chi connectivity index (χ3v) is 3.33. The number of carbonyl (C=O) groups excluding carboxylic acids is 2. The largest absolute Gasteiger partial charge is 0.466 e. The molecule has 0 fully saturated rings. The van der Waals surface area contributed by atoms with E-state index in [2.05, 4.69) is 5.32 Å². The second-order valence-corrected chi connectivity index (χ2v) is 6.90. The Bertz CT molecular complexity index is 583. The van der Waals surface area contributed by atoms with Crippen LogP contribution in [0.3, 0.4) is 0 Å². The van der Waals surface area contributed by atoms with Gasteiger partial charge in [0.25, 0.3) is 0 Å². The van der Waals surface area contributed by atoms with Crippen LogP contribution in [-0.4, -0.2) is 30.8 Å². The van der Waals surface area contributed by atoms with Gasteiger partial charge in [0.1, 0.15) is 11.4 Å². The lowest BCUT2D eigenvalue weighted by Gasteiger charge is -2.28. The van der Waals surface area contributed by atoms with E-state index in [-0.39, 0.29) is 19.6 Å². The fourth-order valence-electron chi connectivity index (χ4n) is 2.16. The van der Waals surface area contributed by atoms with Crippen LogP contribution >= 0.6 is 0 Å². The highest BCUT2D eigenvalue weighted by Gasteiger charge is 2.36. The highest BCUT2D eigenvalue weighted by atomic mass is 19.1. The molecule has 1 amide bonds. The van der Waals surface area contributed by atoms with Crippen molar-refractivity contribution in [3.63, 3.8) is 0 Å². The molecule has 0 bridgehead atoms. The molecule has 1 N–H and O–H groups in total. The number of amides is 1. The van der Waals surface area contributed by atoms with Gasteiger partial charge in [-0.15, -0.1) is 0 Å². The number of nitrogens with one attached hydrogen (secondary N) is 1. The minimum absolute atomic E-state index is 0.0188. The summed E-state index contributed by atoms with van der Waals surface area (Å²) >= 11 is 0. The Labute approximate surface area is 142 Å². The minimum Gasteiger partial charge on any atom is -0.466 e. The van der Waals surface area contributed by atoms with Crippen molar-refractivity contribution >= 4 is 12.1 Å². The van der Waals surface area contributed by atoms with Crippen LogP contribution < -0.4 is 5.32 Å². The van der Waals surface area contributed by atoms with Gasteiger partial charge in [0.15, 0.2) is 0 Å². The van der Waals surface area contributed by atoms with Crippen LogP contribution in [0.1, 0.15) is 40.2 Å². The lowest BCUT2D eigenvalue weighted by Crippen LogP contribution is -2.45. The van der Waals surface area contributed by atoms with Crippen molar-refractivity contribution in [3.8, 4) is 0 Å². The first kappa shape index (κ1) is 19.9. The van der Waals surface area contributed by atoms with Gasteiger partial charge < -0.3 is 14.8 Å². The maximum absolute atomic E-state index is 13.9. The second kappa shape index (κ2) is 8.13. The summed E-state index contributed by atoms with van der Waals surface area (Å²) < 4.78 is 24.2. The van der Waals surface area contributed by atoms with E-state index in [9.17, 15) is 14.0 Å². The van der Waals surface area contributed by atoms with E-state index >= 15 is 0 Å². The SMILES string of the molecule is CCOC(=O)C(C)(CNC(=O)OC(C)(C)C)Cc1ccccc1F. The summed E-state index contributed by atoms with van der Waals surface area (Å²) in [5.41, 5.74) is -1.36. The predicted octanol–water partition coefficient (Wildman–Crippen LogP) is 3.46. The van der Waals surface area contributed by atoms with Crippen molar-refractivity contribution in [2.45, 2.75) is 46.6 Å². The number of hydrogen-bond acceptors (Lipinski definition) is 4. The Kier molecular flexibility index (Phi) is 6.75. The number of hydrogen-bond donors (Lipinski definition) is 1. The van der Waals surface area contributed by atoms with Gasteiger partial charge in [-0.25, -0.2) is 9.18 Å². The molecule has 0 spiro atoms. The molecule has 0 heterocycles. The minimum atomic E-state index is -1.10. The third-order valence-electron chi connectivity index (χ3n) is 3.33. The molecule has 0 aliphatic rings. The van der Waals surface area contributed by atoms with Crippen molar-refractivity contribution < 1.29 is 23.5 Å². The van der Waals surface area contributed by atoms with Crippen LogP contribution in [0.4, 0.5) is 9.18 Å². The molecule has 0 aromatic heterocycles. The molecular formula is C18H26FNO4. The van der Waals surface area contributed by atoms with Crippen molar-refractivity contribution in [2.24, 2.45) is 5.41 Å². The fourth-order valence-corrected chi connectivity index (χ4v) is 2.16. The van der Waals surface area contributed by atoms with E-state index in [0.29, 0.717) is 5.56 Å². The first-order valence-corrected chi connectivity index (χ1v) is 7.95. The Morgan fingerprint density at radius 3 is 2.33 bits per heavy atom. The van der Waals surface area contributed by atoms with Crippen LogP contribution in [0, 0.1) is 11.2 Å². The highest BCUT2D eigenvalue weighted by Crippen LogP contribution is 2.25. The quantitative estimate of drug-likeness (QED) is 0.806. The van der Waals surface area contributed by atoms with Gasteiger partial charge in [-0.3, -0.25) is 4.79 Å². The Hall–Kier alpha value is -2.11. The topological polar surface area (TPSA) is 64.6 Å². The molecular weight excluding hydrogens is 313 g/mol. The maximum Gasteiger partial charge on any atom is 0.407 e. The van der Waals surface area contributed by atoms with Crippen molar-refractivity contribution in [3.05, 3.63) is 35.6 Å². The summed E-state index contributed by atoms with van der Waals surface area (Å²) in [6.07, 6.45) is -0.527. The number of halogens is 1. The molecule has 0 saturated heterocycles. The average Bonchev–Trinajstić information content (AvgIpc) is 2.46. The molecule has 1 atom stereocenters. The van der Waals surface area contributed by atoms with Crippen molar-refractivity contribution in [2.75, 3.05) is 13.2 Å². The Morgan fingerprint density at radius 2 is 1.79 bits per heavy atom. The third kappa shape index (κ3) is 6.18. The van der Waals surface area contributed by atoms with Gasteiger partial charge in [0, 0.05) is 6.54 Å². The first-order chi connectivity index (χ1) is 11.1. The number of esters is 1. The molecule has 0 aliphatic heterocycles.